The molecular weight excluding hydrogens is 398 g/mol. The van der Waals surface area contributed by atoms with Crippen LogP contribution in [0.4, 0.5) is 0 Å². The number of hydrogen-bond donors (Lipinski definition) is 2. The fraction of sp³-hybridized carbons (Fsp3) is 0.481. The van der Waals surface area contributed by atoms with Crippen molar-refractivity contribution in [2.45, 2.75) is 78.6 Å². The minimum absolute atomic E-state index is 0.0444. The minimum Gasteiger partial charge on any atom is -0.504 e. The van der Waals surface area contributed by atoms with Gasteiger partial charge in [0.15, 0.2) is 11.5 Å². The second-order valence-corrected chi connectivity index (χ2v) is 12.0. The first-order chi connectivity index (χ1) is 14.6. The molecule has 1 aliphatic rings. The molecule has 0 saturated heterocycles. The molecule has 5 nitrogen and oxygen atoms in total. The maximum absolute atomic E-state index is 11.2. The highest BCUT2D eigenvalue weighted by molar-refractivity contribution is 6.02. The van der Waals surface area contributed by atoms with Gasteiger partial charge in [-0.05, 0) is 39.3 Å². The molecule has 1 aromatic carbocycles. The van der Waals surface area contributed by atoms with Crippen molar-refractivity contribution < 1.29 is 10.2 Å². The van der Waals surface area contributed by atoms with Crippen LogP contribution in [0.25, 0.3) is 27.5 Å². The largest absolute Gasteiger partial charge is 0.504 e. The van der Waals surface area contributed by atoms with E-state index in [0.717, 1.165) is 38.8 Å². The van der Waals surface area contributed by atoms with Crippen molar-refractivity contribution >= 4 is 27.5 Å². The summed E-state index contributed by atoms with van der Waals surface area (Å²) in [6.07, 6.45) is 3.91. The van der Waals surface area contributed by atoms with Crippen molar-refractivity contribution in [3.63, 3.8) is 0 Å². The normalized spacial score (nSPS) is 19.2. The molecule has 0 radical (unpaired) electrons. The molecule has 0 bridgehead atoms. The van der Waals surface area contributed by atoms with Crippen LogP contribution in [-0.2, 0) is 16.2 Å². The Bertz CT molecular complexity index is 1450. The third kappa shape index (κ3) is 2.24. The van der Waals surface area contributed by atoms with Gasteiger partial charge in [0.05, 0.1) is 5.52 Å². The maximum Gasteiger partial charge on any atom is 0.186 e. The number of aromatic hydroxyl groups is 2. The van der Waals surface area contributed by atoms with Gasteiger partial charge in [-0.1, -0.05) is 62.3 Å². The lowest BCUT2D eigenvalue weighted by atomic mass is 9.59. The average molecular weight is 432 g/mol. The molecule has 0 amide bonds. The molecule has 32 heavy (non-hydrogen) atoms. The van der Waals surface area contributed by atoms with Gasteiger partial charge < -0.3 is 10.2 Å². The van der Waals surface area contributed by atoms with Crippen molar-refractivity contribution in [3.05, 3.63) is 41.3 Å². The van der Waals surface area contributed by atoms with E-state index in [1.807, 2.05) is 12.4 Å². The van der Waals surface area contributed by atoms with Gasteiger partial charge in [0.25, 0.3) is 0 Å². The number of phenolic OH excluding ortho intramolecular Hbond substituents is 2. The van der Waals surface area contributed by atoms with Crippen LogP contribution in [0.3, 0.4) is 0 Å². The van der Waals surface area contributed by atoms with E-state index in [2.05, 4.69) is 78.8 Å². The Balaban J connectivity index is 1.98. The predicted octanol–water partition coefficient (Wildman–Crippen LogP) is 6.34. The summed E-state index contributed by atoms with van der Waals surface area (Å²) in [5.74, 6) is -0.187. The first kappa shape index (κ1) is 21.0. The summed E-state index contributed by atoms with van der Waals surface area (Å²) in [4.78, 5) is 9.57. The number of aromatic nitrogens is 3. The van der Waals surface area contributed by atoms with Gasteiger partial charge in [-0.15, -0.1) is 0 Å². The van der Waals surface area contributed by atoms with Crippen LogP contribution < -0.4 is 0 Å². The van der Waals surface area contributed by atoms with E-state index in [1.165, 1.54) is 0 Å². The second kappa shape index (κ2) is 5.75. The van der Waals surface area contributed by atoms with Gasteiger partial charge in [-0.25, -0.2) is 4.98 Å². The van der Waals surface area contributed by atoms with Gasteiger partial charge in [0, 0.05) is 34.5 Å². The zero-order chi connectivity index (χ0) is 23.6. The Hall–Kier alpha value is -2.82. The molecule has 3 aromatic heterocycles. The Morgan fingerprint density at radius 3 is 2.16 bits per heavy atom. The first-order valence-corrected chi connectivity index (χ1v) is 11.3. The standard InChI is InChI=1S/C27H33N3O2/c1-24(2,3)16-12-14-10-11-30-20-17-18(26(6,7)27(8,9)25(17,4)5)21(31)22(32)19(20)29-23(30)15(14)13-28-16/h10-13,31-32H,1-9H3. The van der Waals surface area contributed by atoms with Crippen molar-refractivity contribution in [2.75, 3.05) is 0 Å². The van der Waals surface area contributed by atoms with E-state index in [4.69, 9.17) is 9.97 Å². The number of nitrogens with zero attached hydrogens (tertiary/aromatic N) is 3. The Morgan fingerprint density at radius 1 is 0.906 bits per heavy atom. The lowest BCUT2D eigenvalue weighted by molar-refractivity contribution is 0.124. The molecule has 5 heteroatoms. The van der Waals surface area contributed by atoms with E-state index >= 15 is 0 Å². The summed E-state index contributed by atoms with van der Waals surface area (Å²) in [6.45, 7) is 19.7. The third-order valence-electron chi connectivity index (χ3n) is 8.81. The number of rotatable bonds is 0. The fourth-order valence-electron chi connectivity index (χ4n) is 5.62. The minimum atomic E-state index is -0.342. The van der Waals surface area contributed by atoms with Gasteiger partial charge in [-0.3, -0.25) is 9.38 Å². The molecule has 5 rings (SSSR count). The van der Waals surface area contributed by atoms with Gasteiger partial charge in [-0.2, -0.15) is 0 Å². The number of hydrogen-bond acceptors (Lipinski definition) is 4. The number of pyridine rings is 2. The summed E-state index contributed by atoms with van der Waals surface area (Å²) in [5, 5.41) is 24.2. The molecule has 0 atom stereocenters. The van der Waals surface area contributed by atoms with E-state index in [-0.39, 0.29) is 33.2 Å². The summed E-state index contributed by atoms with van der Waals surface area (Å²) in [7, 11) is 0. The van der Waals surface area contributed by atoms with Crippen LogP contribution in [0.2, 0.25) is 0 Å². The fourth-order valence-corrected chi connectivity index (χ4v) is 5.62. The van der Waals surface area contributed by atoms with Crippen molar-refractivity contribution in [1.82, 2.24) is 14.4 Å². The van der Waals surface area contributed by atoms with Crippen molar-refractivity contribution in [3.8, 4) is 11.5 Å². The van der Waals surface area contributed by atoms with E-state index in [1.54, 1.807) is 0 Å². The van der Waals surface area contributed by atoms with Crippen molar-refractivity contribution in [1.29, 1.82) is 0 Å². The van der Waals surface area contributed by atoms with Gasteiger partial charge in [0.2, 0.25) is 0 Å². The molecule has 2 N–H and O–H groups in total. The lowest BCUT2D eigenvalue weighted by Gasteiger charge is -2.44. The molecular formula is C27H33N3O2. The number of benzene rings is 1. The van der Waals surface area contributed by atoms with E-state index in [0.29, 0.717) is 5.52 Å². The van der Waals surface area contributed by atoms with Crippen LogP contribution in [0.15, 0.2) is 24.5 Å². The molecule has 4 aromatic rings. The average Bonchev–Trinajstić information content (AvgIpc) is 3.12. The van der Waals surface area contributed by atoms with Crippen LogP contribution in [0.1, 0.15) is 79.1 Å². The van der Waals surface area contributed by atoms with Crippen LogP contribution in [-0.4, -0.2) is 24.6 Å². The highest BCUT2D eigenvalue weighted by Crippen LogP contribution is 2.66. The van der Waals surface area contributed by atoms with Gasteiger partial charge in [0.1, 0.15) is 11.2 Å². The smallest absolute Gasteiger partial charge is 0.186 e. The van der Waals surface area contributed by atoms with E-state index in [9.17, 15) is 10.2 Å². The second-order valence-electron chi connectivity index (χ2n) is 12.0. The molecule has 0 aliphatic heterocycles. The number of phenols is 2. The number of fused-ring (bicyclic) bond motifs is 7. The summed E-state index contributed by atoms with van der Waals surface area (Å²) >= 11 is 0. The van der Waals surface area contributed by atoms with E-state index < -0.39 is 0 Å². The SMILES string of the molecule is CC(C)(C)c1cc2ccn3c(nc4c(O)c(O)c5c(c43)C(C)(C)C(C)(C)C5(C)C)c2cn1. The first-order valence-electron chi connectivity index (χ1n) is 11.3. The quantitative estimate of drug-likeness (QED) is 0.319. The van der Waals surface area contributed by atoms with Crippen LogP contribution in [0.5, 0.6) is 11.5 Å². The predicted molar refractivity (Wildman–Crippen MR) is 130 cm³/mol. The monoisotopic (exact) mass is 431 g/mol. The topological polar surface area (TPSA) is 70.7 Å². The molecule has 1 aliphatic carbocycles. The van der Waals surface area contributed by atoms with Crippen LogP contribution in [0, 0.1) is 5.41 Å². The molecule has 3 heterocycles. The molecule has 0 unspecified atom stereocenters. The molecule has 0 spiro atoms. The van der Waals surface area contributed by atoms with Crippen molar-refractivity contribution in [2.24, 2.45) is 5.41 Å². The Labute approximate surface area is 189 Å². The van der Waals surface area contributed by atoms with Gasteiger partial charge >= 0.3 is 0 Å². The highest BCUT2D eigenvalue weighted by Gasteiger charge is 2.59. The molecule has 0 saturated carbocycles. The third-order valence-corrected chi connectivity index (χ3v) is 8.81. The van der Waals surface area contributed by atoms with Crippen LogP contribution >= 0.6 is 0 Å². The Kier molecular flexibility index (Phi) is 3.78. The highest BCUT2D eigenvalue weighted by atomic mass is 16.3. The summed E-state index contributed by atoms with van der Waals surface area (Å²) in [5.41, 5.74) is 4.15. The number of imidazole rings is 1. The summed E-state index contributed by atoms with van der Waals surface area (Å²) in [6, 6.07) is 4.21. The molecule has 0 fully saturated rings. The summed E-state index contributed by atoms with van der Waals surface area (Å²) < 4.78 is 2.06. The Morgan fingerprint density at radius 2 is 1.53 bits per heavy atom. The lowest BCUT2D eigenvalue weighted by Crippen LogP contribution is -2.42. The zero-order valence-electron chi connectivity index (χ0n) is 20.5. The maximum atomic E-state index is 11.2. The molecule has 168 valence electrons. The zero-order valence-corrected chi connectivity index (χ0v) is 20.5.